The molecule has 8 nitrogen and oxygen atoms in total. The molecule has 4 aromatic rings. The summed E-state index contributed by atoms with van der Waals surface area (Å²) in [7, 11) is 0. The maximum Gasteiger partial charge on any atom is 0.197 e. The lowest BCUT2D eigenvalue weighted by molar-refractivity contribution is 0.103. The second kappa shape index (κ2) is 6.45. The zero-order valence-corrected chi connectivity index (χ0v) is 19.7. The number of hydrogen-bond donors (Lipinski definition) is 6. The van der Waals surface area contributed by atoms with Gasteiger partial charge < -0.3 is 19.9 Å². The molecule has 35 heavy (non-hydrogen) atoms. The van der Waals surface area contributed by atoms with Crippen LogP contribution in [0.3, 0.4) is 0 Å². The maximum absolute atomic E-state index is 12.9. The van der Waals surface area contributed by atoms with Crippen LogP contribution in [0, 0.1) is 13.8 Å². The highest BCUT2D eigenvalue weighted by Crippen LogP contribution is 2.43. The SMILES string of the molecule is Cc1cc2c([nH]1)-c1[nH]c(C3=CC=C(c4cc5c([nH]4)-c4[nH]c(C)cc4C5=O)C4NSNC34)cc1C2=O. The summed E-state index contributed by atoms with van der Waals surface area (Å²) in [5.41, 5.74) is 12.3. The van der Waals surface area contributed by atoms with Crippen LogP contribution in [0.1, 0.15) is 54.6 Å². The van der Waals surface area contributed by atoms with Crippen molar-refractivity contribution in [2.45, 2.75) is 25.9 Å². The number of aryl methyl sites for hydroxylation is 2. The van der Waals surface area contributed by atoms with Crippen LogP contribution in [-0.2, 0) is 0 Å². The van der Waals surface area contributed by atoms with E-state index in [2.05, 4.69) is 41.5 Å². The first-order valence-corrected chi connectivity index (χ1v) is 12.3. The second-order valence-electron chi connectivity index (χ2n) is 9.62. The third-order valence-electron chi connectivity index (χ3n) is 7.46. The van der Waals surface area contributed by atoms with Gasteiger partial charge in [-0.3, -0.25) is 9.59 Å². The number of carbonyl (C=O) groups excluding carboxylic acids is 2. The molecule has 0 radical (unpaired) electrons. The minimum atomic E-state index is -0.00383. The number of hydrogen-bond acceptors (Lipinski definition) is 5. The minimum absolute atomic E-state index is 0.00383. The van der Waals surface area contributed by atoms with Crippen LogP contribution >= 0.6 is 12.1 Å². The van der Waals surface area contributed by atoms with Gasteiger partial charge in [0.1, 0.15) is 0 Å². The molecule has 172 valence electrons. The molecule has 8 rings (SSSR count). The van der Waals surface area contributed by atoms with Crippen LogP contribution in [0.5, 0.6) is 0 Å². The molecule has 4 aromatic heterocycles. The van der Waals surface area contributed by atoms with Crippen molar-refractivity contribution in [2.75, 3.05) is 0 Å². The topological polar surface area (TPSA) is 121 Å². The first-order chi connectivity index (χ1) is 17.0. The van der Waals surface area contributed by atoms with Crippen LogP contribution in [0.2, 0.25) is 0 Å². The Morgan fingerprint density at radius 1 is 0.600 bits per heavy atom. The molecule has 6 N–H and O–H groups in total. The highest BCUT2D eigenvalue weighted by atomic mass is 32.2. The first-order valence-electron chi connectivity index (χ1n) is 11.5. The van der Waals surface area contributed by atoms with Gasteiger partial charge in [-0.15, -0.1) is 0 Å². The number of rotatable bonds is 2. The number of nitrogens with one attached hydrogen (secondary N) is 6. The van der Waals surface area contributed by atoms with Crippen LogP contribution in [0.25, 0.3) is 33.9 Å². The van der Waals surface area contributed by atoms with E-state index in [0.717, 1.165) is 67.8 Å². The molecule has 1 aliphatic heterocycles. The van der Waals surface area contributed by atoms with Gasteiger partial charge in [-0.25, -0.2) is 9.44 Å². The Hall–Kier alpha value is -3.79. The van der Waals surface area contributed by atoms with Crippen LogP contribution < -0.4 is 9.44 Å². The highest BCUT2D eigenvalue weighted by Gasteiger charge is 2.40. The van der Waals surface area contributed by atoms with Crippen molar-refractivity contribution >= 4 is 34.8 Å². The lowest BCUT2D eigenvalue weighted by atomic mass is 9.86. The molecule has 1 saturated heterocycles. The number of aromatic amines is 4. The predicted octanol–water partition coefficient (Wildman–Crippen LogP) is 4.01. The third kappa shape index (κ3) is 2.44. The van der Waals surface area contributed by atoms with E-state index < -0.39 is 0 Å². The number of H-pyrrole nitrogens is 4. The fourth-order valence-electron chi connectivity index (χ4n) is 5.88. The van der Waals surface area contributed by atoms with Crippen molar-refractivity contribution in [1.82, 2.24) is 29.4 Å². The number of fused-ring (bicyclic) bond motifs is 7. The molecular weight excluding hydrogens is 460 g/mol. The van der Waals surface area contributed by atoms with Crippen molar-refractivity contribution in [1.29, 1.82) is 0 Å². The Morgan fingerprint density at radius 2 is 1.00 bits per heavy atom. The summed E-state index contributed by atoms with van der Waals surface area (Å²) in [6.45, 7) is 3.92. The van der Waals surface area contributed by atoms with Crippen molar-refractivity contribution < 1.29 is 9.59 Å². The standard InChI is InChI=1S/C26H20N6O2S/c1-9-5-13-19(27-9)21-15(25(13)33)7-17(29-21)11-3-4-12(24-23(11)31-35-32-24)18-8-16-22(30-18)20-14(26(16)34)6-10(2)28-20/h3-8,23-24,27-32H,1-2H3. The molecule has 2 atom stereocenters. The van der Waals surface area contributed by atoms with E-state index in [9.17, 15) is 9.59 Å². The first kappa shape index (κ1) is 19.5. The Labute approximate surface area is 204 Å². The van der Waals surface area contributed by atoms with Gasteiger partial charge in [0.2, 0.25) is 0 Å². The van der Waals surface area contributed by atoms with Gasteiger partial charge in [-0.05, 0) is 49.3 Å². The third-order valence-corrected chi connectivity index (χ3v) is 8.20. The summed E-state index contributed by atoms with van der Waals surface area (Å²) < 4.78 is 6.96. The average molecular weight is 481 g/mol. The van der Waals surface area contributed by atoms with E-state index in [1.54, 1.807) is 0 Å². The van der Waals surface area contributed by atoms with Gasteiger partial charge in [0.15, 0.2) is 11.6 Å². The molecule has 4 aliphatic rings. The Kier molecular flexibility index (Phi) is 3.60. The van der Waals surface area contributed by atoms with Gasteiger partial charge in [0.25, 0.3) is 0 Å². The van der Waals surface area contributed by atoms with E-state index in [0.29, 0.717) is 11.1 Å². The normalized spacial score (nSPS) is 21.5. The smallest absolute Gasteiger partial charge is 0.197 e. The summed E-state index contributed by atoms with van der Waals surface area (Å²) >= 11 is 1.47. The van der Waals surface area contributed by atoms with Gasteiger partial charge in [-0.2, -0.15) is 0 Å². The average Bonchev–Trinajstić information content (AvgIpc) is 3.66. The molecule has 0 amide bonds. The Morgan fingerprint density at radius 3 is 1.46 bits per heavy atom. The molecule has 0 saturated carbocycles. The highest BCUT2D eigenvalue weighted by molar-refractivity contribution is 7.95. The number of carbonyl (C=O) groups is 2. The van der Waals surface area contributed by atoms with E-state index in [-0.39, 0.29) is 23.7 Å². The fraction of sp³-hybridized carbons (Fsp3) is 0.154. The van der Waals surface area contributed by atoms with Crippen LogP contribution in [0.4, 0.5) is 0 Å². The molecule has 9 heteroatoms. The van der Waals surface area contributed by atoms with Crippen molar-refractivity contribution in [3.63, 3.8) is 0 Å². The summed E-state index contributed by atoms with van der Waals surface area (Å²) in [5, 5.41) is 0. The van der Waals surface area contributed by atoms with E-state index in [1.807, 2.05) is 38.1 Å². The molecule has 2 unspecified atom stereocenters. The maximum atomic E-state index is 12.9. The monoisotopic (exact) mass is 480 g/mol. The van der Waals surface area contributed by atoms with Crippen molar-refractivity contribution in [3.8, 4) is 22.8 Å². The van der Waals surface area contributed by atoms with Crippen molar-refractivity contribution in [3.05, 3.63) is 81.4 Å². The second-order valence-corrected chi connectivity index (χ2v) is 10.3. The van der Waals surface area contributed by atoms with E-state index in [1.165, 1.54) is 12.1 Å². The van der Waals surface area contributed by atoms with E-state index >= 15 is 0 Å². The Balaban J connectivity index is 1.21. The zero-order valence-electron chi connectivity index (χ0n) is 18.8. The minimum Gasteiger partial charge on any atom is -0.357 e. The summed E-state index contributed by atoms with van der Waals surface area (Å²) in [5.74, 6) is 0.116. The lowest BCUT2D eigenvalue weighted by Gasteiger charge is -2.26. The molecule has 1 fully saturated rings. The summed E-state index contributed by atoms with van der Waals surface area (Å²) in [4.78, 5) is 39.4. The lowest BCUT2D eigenvalue weighted by Crippen LogP contribution is -2.37. The zero-order chi connectivity index (χ0) is 23.6. The molecule has 3 aliphatic carbocycles. The number of aromatic nitrogens is 4. The largest absolute Gasteiger partial charge is 0.357 e. The van der Waals surface area contributed by atoms with E-state index in [4.69, 9.17) is 0 Å². The van der Waals surface area contributed by atoms with Gasteiger partial charge in [0.05, 0.1) is 46.0 Å². The van der Waals surface area contributed by atoms with Gasteiger partial charge in [0, 0.05) is 46.0 Å². The van der Waals surface area contributed by atoms with Crippen molar-refractivity contribution in [2.24, 2.45) is 0 Å². The van der Waals surface area contributed by atoms with Crippen LogP contribution in [0.15, 0.2) is 36.4 Å². The predicted molar refractivity (Wildman–Crippen MR) is 135 cm³/mol. The fourth-order valence-corrected chi connectivity index (χ4v) is 6.73. The summed E-state index contributed by atoms with van der Waals surface area (Å²) in [6, 6.07) is 7.73. The number of allylic oxidation sites excluding steroid dienone is 2. The van der Waals surface area contributed by atoms with Crippen LogP contribution in [-0.4, -0.2) is 43.6 Å². The Bertz CT molecular complexity index is 1580. The number of ketones is 2. The molecule has 0 bridgehead atoms. The molecule has 0 spiro atoms. The van der Waals surface area contributed by atoms with Gasteiger partial charge in [-0.1, -0.05) is 12.2 Å². The molecule has 5 heterocycles. The van der Waals surface area contributed by atoms with Gasteiger partial charge >= 0.3 is 0 Å². The molecular formula is C26H20N6O2S. The quantitative estimate of drug-likeness (QED) is 0.209. The molecule has 0 aromatic carbocycles. The summed E-state index contributed by atoms with van der Waals surface area (Å²) in [6.07, 6.45) is 4.20.